The summed E-state index contributed by atoms with van der Waals surface area (Å²) in [6.45, 7) is 0. The van der Waals surface area contributed by atoms with E-state index in [1.165, 1.54) is 6.33 Å². The first-order valence-corrected chi connectivity index (χ1v) is 4.72. The molecule has 6 heteroatoms. The fourth-order valence-corrected chi connectivity index (χ4v) is 1.44. The van der Waals surface area contributed by atoms with Crippen LogP contribution < -0.4 is 10.1 Å². The van der Waals surface area contributed by atoms with Crippen LogP contribution >= 0.6 is 0 Å². The van der Waals surface area contributed by atoms with Crippen LogP contribution in [0.15, 0.2) is 24.5 Å². The topological polar surface area (TPSA) is 72.8 Å². The molecule has 1 aromatic heterocycles. The second-order valence-corrected chi connectivity index (χ2v) is 3.01. The van der Waals surface area contributed by atoms with Gasteiger partial charge in [0, 0.05) is 7.05 Å². The number of nitrogens with zero attached hydrogens (tertiary/aromatic N) is 4. The van der Waals surface area contributed by atoms with E-state index in [9.17, 15) is 0 Å². The van der Waals surface area contributed by atoms with Crippen LogP contribution in [0.3, 0.4) is 0 Å². The summed E-state index contributed by atoms with van der Waals surface area (Å²) in [7, 11) is 3.42. The number of ether oxygens (including phenoxy) is 1. The second kappa shape index (κ2) is 4.52. The molecule has 2 aromatic rings. The number of rotatable bonds is 3. The Kier molecular flexibility index (Phi) is 2.90. The van der Waals surface area contributed by atoms with Crippen molar-refractivity contribution >= 4 is 5.69 Å². The van der Waals surface area contributed by atoms with Crippen LogP contribution in [0.4, 0.5) is 5.69 Å². The van der Waals surface area contributed by atoms with Crippen LogP contribution in [0, 0.1) is 0 Å². The summed E-state index contributed by atoms with van der Waals surface area (Å²) >= 11 is 0. The largest absolute Gasteiger partial charge is 0.494 e. The molecule has 0 spiro atoms. The molecule has 0 unspecified atom stereocenters. The lowest BCUT2D eigenvalue weighted by Crippen LogP contribution is -1.99. The number of hydrogen-bond acceptors (Lipinski definition) is 6. The highest BCUT2D eigenvalue weighted by Gasteiger charge is 2.12. The van der Waals surface area contributed by atoms with Crippen molar-refractivity contribution in [2.24, 2.45) is 0 Å². The number of para-hydroxylation sites is 1. The van der Waals surface area contributed by atoms with Gasteiger partial charge in [-0.15, -0.1) is 20.4 Å². The third-order valence-corrected chi connectivity index (χ3v) is 2.14. The van der Waals surface area contributed by atoms with Crippen LogP contribution in [0.25, 0.3) is 11.4 Å². The van der Waals surface area contributed by atoms with E-state index < -0.39 is 0 Å². The third kappa shape index (κ3) is 1.77. The molecule has 2 rings (SSSR count). The molecular formula is C10H11N5O. The Morgan fingerprint density at radius 2 is 1.94 bits per heavy atom. The molecule has 0 saturated heterocycles. The third-order valence-electron chi connectivity index (χ3n) is 2.14. The minimum absolute atomic E-state index is 0.441. The van der Waals surface area contributed by atoms with Crippen LogP contribution in [0.1, 0.15) is 0 Å². The summed E-state index contributed by atoms with van der Waals surface area (Å²) in [5.74, 6) is 1.12. The number of hydrogen-bond donors (Lipinski definition) is 1. The zero-order valence-electron chi connectivity index (χ0n) is 9.01. The van der Waals surface area contributed by atoms with Crippen LogP contribution in [0.5, 0.6) is 5.75 Å². The van der Waals surface area contributed by atoms with E-state index >= 15 is 0 Å². The SMILES string of the molecule is CNc1cccc(-c2nncnn2)c1OC. The summed E-state index contributed by atoms with van der Waals surface area (Å²) in [5, 5.41) is 18.2. The van der Waals surface area contributed by atoms with E-state index in [0.29, 0.717) is 11.6 Å². The summed E-state index contributed by atoms with van der Waals surface area (Å²) < 4.78 is 5.32. The molecule has 82 valence electrons. The molecule has 0 radical (unpaired) electrons. The van der Waals surface area contributed by atoms with Gasteiger partial charge >= 0.3 is 0 Å². The van der Waals surface area contributed by atoms with E-state index in [1.54, 1.807) is 7.11 Å². The minimum atomic E-state index is 0.441. The van der Waals surface area contributed by atoms with Gasteiger partial charge < -0.3 is 10.1 Å². The number of methoxy groups -OCH3 is 1. The first kappa shape index (κ1) is 10.3. The second-order valence-electron chi connectivity index (χ2n) is 3.01. The molecule has 0 fully saturated rings. The van der Waals surface area contributed by atoms with Crippen LogP contribution in [0.2, 0.25) is 0 Å². The van der Waals surface area contributed by atoms with Gasteiger partial charge in [-0.2, -0.15) is 0 Å². The first-order valence-electron chi connectivity index (χ1n) is 4.72. The number of nitrogens with one attached hydrogen (secondary N) is 1. The molecule has 1 N–H and O–H groups in total. The van der Waals surface area contributed by atoms with Gasteiger partial charge in [-0.1, -0.05) is 6.07 Å². The Morgan fingerprint density at radius 3 is 2.56 bits per heavy atom. The standard InChI is InChI=1S/C10H11N5O/c1-11-8-5-3-4-7(9(8)16-2)10-14-12-6-13-15-10/h3-6,11H,1-2H3. The Hall–Kier alpha value is -2.24. The quantitative estimate of drug-likeness (QED) is 0.826. The Labute approximate surface area is 92.7 Å². The number of anilines is 1. The highest BCUT2D eigenvalue weighted by molar-refractivity contribution is 5.74. The summed E-state index contributed by atoms with van der Waals surface area (Å²) in [6.07, 6.45) is 1.29. The molecule has 6 nitrogen and oxygen atoms in total. The zero-order chi connectivity index (χ0) is 11.4. The van der Waals surface area contributed by atoms with E-state index in [0.717, 1.165) is 11.3 Å². The molecule has 0 bridgehead atoms. The van der Waals surface area contributed by atoms with E-state index in [2.05, 4.69) is 25.7 Å². The predicted molar refractivity (Wildman–Crippen MR) is 59.2 cm³/mol. The first-order chi connectivity index (χ1) is 7.86. The lowest BCUT2D eigenvalue weighted by Gasteiger charge is -2.11. The van der Waals surface area contributed by atoms with Gasteiger partial charge in [-0.05, 0) is 12.1 Å². The lowest BCUT2D eigenvalue weighted by molar-refractivity contribution is 0.418. The zero-order valence-corrected chi connectivity index (χ0v) is 9.01. The Bertz CT molecular complexity index is 474. The van der Waals surface area contributed by atoms with Crippen molar-refractivity contribution in [3.63, 3.8) is 0 Å². The molecular weight excluding hydrogens is 206 g/mol. The van der Waals surface area contributed by atoms with Gasteiger partial charge in [0.05, 0.1) is 18.4 Å². The van der Waals surface area contributed by atoms with E-state index in [4.69, 9.17) is 4.74 Å². The molecule has 16 heavy (non-hydrogen) atoms. The van der Waals surface area contributed by atoms with Crippen molar-refractivity contribution in [1.29, 1.82) is 0 Å². The fraction of sp³-hybridized carbons (Fsp3) is 0.200. The van der Waals surface area contributed by atoms with Gasteiger partial charge in [0.2, 0.25) is 5.82 Å². The monoisotopic (exact) mass is 217 g/mol. The molecule has 0 saturated carbocycles. The van der Waals surface area contributed by atoms with E-state index in [1.807, 2.05) is 25.2 Å². The van der Waals surface area contributed by atoms with Gasteiger partial charge in [-0.25, -0.2) is 0 Å². The number of aromatic nitrogens is 4. The fourth-order valence-electron chi connectivity index (χ4n) is 1.44. The van der Waals surface area contributed by atoms with Crippen molar-refractivity contribution in [1.82, 2.24) is 20.4 Å². The van der Waals surface area contributed by atoms with Crippen molar-refractivity contribution in [2.75, 3.05) is 19.5 Å². The molecule has 0 aliphatic carbocycles. The molecule has 1 heterocycles. The highest BCUT2D eigenvalue weighted by atomic mass is 16.5. The van der Waals surface area contributed by atoms with Crippen molar-refractivity contribution in [2.45, 2.75) is 0 Å². The van der Waals surface area contributed by atoms with Gasteiger partial charge in [0.1, 0.15) is 0 Å². The maximum absolute atomic E-state index is 5.32. The average Bonchev–Trinajstić information content (AvgIpc) is 2.38. The minimum Gasteiger partial charge on any atom is -0.494 e. The van der Waals surface area contributed by atoms with Gasteiger partial charge in [-0.3, -0.25) is 0 Å². The van der Waals surface area contributed by atoms with Crippen molar-refractivity contribution in [3.05, 3.63) is 24.5 Å². The average molecular weight is 217 g/mol. The smallest absolute Gasteiger partial charge is 0.207 e. The van der Waals surface area contributed by atoms with Crippen molar-refractivity contribution in [3.8, 4) is 17.1 Å². The molecule has 0 atom stereocenters. The maximum Gasteiger partial charge on any atom is 0.207 e. The number of benzene rings is 1. The molecule has 0 aliphatic heterocycles. The Morgan fingerprint density at radius 1 is 1.19 bits per heavy atom. The van der Waals surface area contributed by atoms with Crippen LogP contribution in [-0.2, 0) is 0 Å². The van der Waals surface area contributed by atoms with Gasteiger partial charge in [0.25, 0.3) is 0 Å². The highest BCUT2D eigenvalue weighted by Crippen LogP contribution is 2.33. The maximum atomic E-state index is 5.32. The molecule has 0 amide bonds. The van der Waals surface area contributed by atoms with Gasteiger partial charge in [0.15, 0.2) is 12.1 Å². The molecule has 1 aromatic carbocycles. The summed E-state index contributed by atoms with van der Waals surface area (Å²) in [6, 6.07) is 5.66. The van der Waals surface area contributed by atoms with E-state index in [-0.39, 0.29) is 0 Å². The summed E-state index contributed by atoms with van der Waals surface area (Å²) in [5.41, 5.74) is 1.63. The molecule has 0 aliphatic rings. The lowest BCUT2D eigenvalue weighted by atomic mass is 10.1. The summed E-state index contributed by atoms with van der Waals surface area (Å²) in [4.78, 5) is 0. The Balaban J connectivity index is 2.57. The van der Waals surface area contributed by atoms with Crippen molar-refractivity contribution < 1.29 is 4.74 Å². The normalized spacial score (nSPS) is 9.88. The van der Waals surface area contributed by atoms with Crippen LogP contribution in [-0.4, -0.2) is 34.6 Å². The predicted octanol–water partition coefficient (Wildman–Crippen LogP) is 0.984.